The standard InChI is InChI=1S/C17H20N2O4S/c1-9-6-12(9)19-15(21)14-10(2)13(8-20)24-16(14)18(17(19)22)7-11-4-3-5-23-11/h8-9,11-12H,3-7H2,1-2H3. The van der Waals surface area contributed by atoms with Crippen molar-refractivity contribution in [3.05, 3.63) is 31.3 Å². The first-order chi connectivity index (χ1) is 11.5. The van der Waals surface area contributed by atoms with Gasteiger partial charge in [0.1, 0.15) is 4.83 Å². The number of thiophene rings is 1. The molecule has 2 aliphatic rings. The van der Waals surface area contributed by atoms with Crippen molar-refractivity contribution in [1.82, 2.24) is 9.13 Å². The SMILES string of the molecule is Cc1c(C=O)sc2c1c(=O)n(C1CC1C)c(=O)n2CC1CCCO1. The zero-order valence-corrected chi connectivity index (χ0v) is 14.6. The summed E-state index contributed by atoms with van der Waals surface area (Å²) < 4.78 is 8.73. The van der Waals surface area contributed by atoms with Crippen LogP contribution in [0, 0.1) is 12.8 Å². The zero-order chi connectivity index (χ0) is 17.0. The number of ether oxygens (including phenoxy) is 1. The number of carbonyl (C=O) groups excluding carboxylic acids is 1. The molecule has 1 saturated carbocycles. The Kier molecular flexibility index (Phi) is 3.73. The van der Waals surface area contributed by atoms with E-state index in [4.69, 9.17) is 4.74 Å². The Hall–Kier alpha value is -1.73. The minimum atomic E-state index is -0.268. The third-order valence-electron chi connectivity index (χ3n) is 5.20. The molecular weight excluding hydrogens is 328 g/mol. The summed E-state index contributed by atoms with van der Waals surface area (Å²) in [4.78, 5) is 38.4. The summed E-state index contributed by atoms with van der Waals surface area (Å²) in [6.45, 7) is 4.98. The summed E-state index contributed by atoms with van der Waals surface area (Å²) in [6, 6.07) is -0.0240. The summed E-state index contributed by atoms with van der Waals surface area (Å²) in [6.07, 6.45) is 3.52. The number of aryl methyl sites for hydroxylation is 1. The lowest BCUT2D eigenvalue weighted by atomic mass is 10.2. The number of nitrogens with zero attached hydrogens (tertiary/aromatic N) is 2. The largest absolute Gasteiger partial charge is 0.376 e. The van der Waals surface area contributed by atoms with Crippen LogP contribution in [-0.4, -0.2) is 28.1 Å². The van der Waals surface area contributed by atoms with E-state index in [9.17, 15) is 14.4 Å². The maximum absolute atomic E-state index is 13.0. The van der Waals surface area contributed by atoms with Gasteiger partial charge in [0.25, 0.3) is 5.56 Å². The molecule has 0 N–H and O–H groups in total. The highest BCUT2D eigenvalue weighted by Crippen LogP contribution is 2.41. The zero-order valence-electron chi connectivity index (χ0n) is 13.8. The summed E-state index contributed by atoms with van der Waals surface area (Å²) in [5, 5.41) is 0.513. The van der Waals surface area contributed by atoms with Crippen molar-refractivity contribution in [1.29, 1.82) is 0 Å². The lowest BCUT2D eigenvalue weighted by Gasteiger charge is -2.15. The van der Waals surface area contributed by atoms with Gasteiger partial charge in [-0.25, -0.2) is 4.79 Å². The van der Waals surface area contributed by atoms with Crippen LogP contribution in [-0.2, 0) is 11.3 Å². The molecule has 3 unspecified atom stereocenters. The number of hydrogen-bond acceptors (Lipinski definition) is 5. The predicted molar refractivity (Wildman–Crippen MR) is 92.3 cm³/mol. The highest BCUT2D eigenvalue weighted by Gasteiger charge is 2.38. The average Bonchev–Trinajstić information content (AvgIpc) is 2.97. The highest BCUT2D eigenvalue weighted by atomic mass is 32.1. The molecule has 2 aromatic heterocycles. The van der Waals surface area contributed by atoms with Gasteiger partial charge in [-0.05, 0) is 37.7 Å². The molecule has 0 radical (unpaired) electrons. The third kappa shape index (κ3) is 2.29. The van der Waals surface area contributed by atoms with Gasteiger partial charge in [0, 0.05) is 12.6 Å². The minimum absolute atomic E-state index is 0.00411. The van der Waals surface area contributed by atoms with E-state index < -0.39 is 0 Å². The number of aromatic nitrogens is 2. The fourth-order valence-electron chi connectivity index (χ4n) is 3.60. The molecule has 24 heavy (non-hydrogen) atoms. The van der Waals surface area contributed by atoms with Crippen molar-refractivity contribution in [2.75, 3.05) is 6.61 Å². The molecule has 4 rings (SSSR count). The molecule has 3 heterocycles. The normalized spacial score (nSPS) is 26.2. The van der Waals surface area contributed by atoms with Crippen LogP contribution in [0.2, 0.25) is 0 Å². The Labute approximate surface area is 142 Å². The van der Waals surface area contributed by atoms with Gasteiger partial charge >= 0.3 is 5.69 Å². The van der Waals surface area contributed by atoms with Crippen LogP contribution >= 0.6 is 11.3 Å². The second-order valence-electron chi connectivity index (χ2n) is 6.87. The summed E-state index contributed by atoms with van der Waals surface area (Å²) in [5.41, 5.74) is 0.156. The third-order valence-corrected chi connectivity index (χ3v) is 6.44. The quantitative estimate of drug-likeness (QED) is 0.794. The van der Waals surface area contributed by atoms with Crippen LogP contribution in [0.5, 0.6) is 0 Å². The molecule has 128 valence electrons. The first-order valence-electron chi connectivity index (χ1n) is 8.38. The molecule has 2 fully saturated rings. The smallest absolute Gasteiger partial charge is 0.332 e. The van der Waals surface area contributed by atoms with E-state index in [1.54, 1.807) is 11.5 Å². The molecule has 6 nitrogen and oxygen atoms in total. The van der Waals surface area contributed by atoms with Gasteiger partial charge in [0.15, 0.2) is 6.29 Å². The number of rotatable bonds is 4. The van der Waals surface area contributed by atoms with E-state index in [0.29, 0.717) is 39.7 Å². The van der Waals surface area contributed by atoms with Crippen molar-refractivity contribution >= 4 is 27.8 Å². The Bertz CT molecular complexity index is 933. The van der Waals surface area contributed by atoms with Gasteiger partial charge < -0.3 is 4.74 Å². The molecule has 3 atom stereocenters. The Morgan fingerprint density at radius 1 is 1.38 bits per heavy atom. The number of carbonyl (C=O) groups is 1. The lowest BCUT2D eigenvalue weighted by Crippen LogP contribution is -2.41. The Morgan fingerprint density at radius 3 is 2.71 bits per heavy atom. The summed E-state index contributed by atoms with van der Waals surface area (Å²) in [7, 11) is 0. The van der Waals surface area contributed by atoms with E-state index >= 15 is 0 Å². The van der Waals surface area contributed by atoms with E-state index in [0.717, 1.165) is 25.5 Å². The second-order valence-corrected chi connectivity index (χ2v) is 7.90. The Morgan fingerprint density at radius 2 is 2.12 bits per heavy atom. The van der Waals surface area contributed by atoms with Gasteiger partial charge in [0.05, 0.1) is 22.9 Å². The van der Waals surface area contributed by atoms with Crippen LogP contribution in [0.25, 0.3) is 10.2 Å². The fraction of sp³-hybridized carbons (Fsp3) is 0.588. The molecule has 0 amide bonds. The fourth-order valence-corrected chi connectivity index (χ4v) is 4.72. The Balaban J connectivity index is 1.99. The minimum Gasteiger partial charge on any atom is -0.376 e. The van der Waals surface area contributed by atoms with Crippen molar-refractivity contribution in [2.45, 2.75) is 51.8 Å². The first-order valence-corrected chi connectivity index (χ1v) is 9.19. The second kappa shape index (κ2) is 5.67. The van der Waals surface area contributed by atoms with Crippen molar-refractivity contribution in [2.24, 2.45) is 5.92 Å². The lowest BCUT2D eigenvalue weighted by molar-refractivity contribution is 0.0966. The van der Waals surface area contributed by atoms with Gasteiger partial charge in [-0.1, -0.05) is 6.92 Å². The highest BCUT2D eigenvalue weighted by molar-refractivity contribution is 7.20. The number of hydrogen-bond donors (Lipinski definition) is 0. The monoisotopic (exact) mass is 348 g/mol. The van der Waals surface area contributed by atoms with Crippen LogP contribution in [0.3, 0.4) is 0 Å². The van der Waals surface area contributed by atoms with Crippen molar-refractivity contribution in [3.8, 4) is 0 Å². The molecule has 1 aliphatic heterocycles. The van der Waals surface area contributed by atoms with Crippen molar-refractivity contribution < 1.29 is 9.53 Å². The average molecular weight is 348 g/mol. The van der Waals surface area contributed by atoms with E-state index in [1.165, 1.54) is 15.9 Å². The molecule has 1 saturated heterocycles. The van der Waals surface area contributed by atoms with E-state index in [-0.39, 0.29) is 23.4 Å². The van der Waals surface area contributed by atoms with Crippen LogP contribution < -0.4 is 11.2 Å². The molecule has 1 aliphatic carbocycles. The van der Waals surface area contributed by atoms with Gasteiger partial charge in [0.2, 0.25) is 0 Å². The predicted octanol–water partition coefficient (Wildman–Crippen LogP) is 2.11. The molecule has 0 spiro atoms. The van der Waals surface area contributed by atoms with Crippen molar-refractivity contribution in [3.63, 3.8) is 0 Å². The van der Waals surface area contributed by atoms with Crippen LogP contribution in [0.15, 0.2) is 9.59 Å². The van der Waals surface area contributed by atoms with E-state index in [2.05, 4.69) is 0 Å². The first kappa shape index (κ1) is 15.8. The summed E-state index contributed by atoms with van der Waals surface area (Å²) >= 11 is 1.23. The molecular formula is C17H20N2O4S. The maximum Gasteiger partial charge on any atom is 0.332 e. The molecule has 0 bridgehead atoms. The number of fused-ring (bicyclic) bond motifs is 1. The molecule has 0 aromatic carbocycles. The summed E-state index contributed by atoms with van der Waals surface area (Å²) in [5.74, 6) is 0.341. The van der Waals surface area contributed by atoms with E-state index in [1.807, 2.05) is 6.92 Å². The van der Waals surface area contributed by atoms with Gasteiger partial charge in [-0.2, -0.15) is 0 Å². The van der Waals surface area contributed by atoms with Gasteiger partial charge in [-0.15, -0.1) is 11.3 Å². The molecule has 7 heteroatoms. The van der Waals surface area contributed by atoms with Crippen LogP contribution in [0.4, 0.5) is 0 Å². The molecule has 2 aromatic rings. The maximum atomic E-state index is 13.0. The number of aldehydes is 1. The topological polar surface area (TPSA) is 70.3 Å². The van der Waals surface area contributed by atoms with Crippen LogP contribution in [0.1, 0.15) is 47.5 Å². The van der Waals surface area contributed by atoms with Gasteiger partial charge in [-0.3, -0.25) is 18.7 Å².